The molecular formula is C55H50O5. The van der Waals surface area contributed by atoms with Crippen molar-refractivity contribution in [1.82, 2.24) is 0 Å². The van der Waals surface area contributed by atoms with Crippen LogP contribution in [0.1, 0.15) is 62.2 Å². The predicted molar refractivity (Wildman–Crippen MR) is 247 cm³/mol. The number of benzene rings is 8. The zero-order valence-corrected chi connectivity index (χ0v) is 31.9. The van der Waals surface area contributed by atoms with E-state index in [0.29, 0.717) is 26.4 Å². The van der Waals surface area contributed by atoms with Crippen molar-refractivity contribution in [2.24, 2.45) is 0 Å². The van der Waals surface area contributed by atoms with Gasteiger partial charge in [0.05, 0.1) is 50.1 Å². The third-order valence-electron chi connectivity index (χ3n) is 13.3. The van der Waals surface area contributed by atoms with Gasteiger partial charge < -0.3 is 18.9 Å². The maximum absolute atomic E-state index is 7.50. The number of fused-ring (bicyclic) bond motifs is 12. The minimum absolute atomic E-state index is 0. The first-order valence-electron chi connectivity index (χ1n) is 20.1. The van der Waals surface area contributed by atoms with Crippen molar-refractivity contribution in [3.8, 4) is 0 Å². The molecule has 4 aliphatic carbocycles. The summed E-state index contributed by atoms with van der Waals surface area (Å²) in [7, 11) is 0. The SMILES string of the molecule is C.C.C1=CC2c3cc4cc5cc6c(cc5cc4cc3C1C21OCCO1)C1C=C[C@H]6C12OCCO2.C=C.[2HH].[C-]#[O+].c1ccc2cc3cc4cc5ccccc5cc4cc3cc2c1. The Balaban J connectivity index is 0.000000157. The molecule has 14 rings (SSSR count). The zero-order chi connectivity index (χ0) is 39.2. The van der Waals surface area contributed by atoms with Gasteiger partial charge in [-0.15, -0.1) is 13.2 Å². The molecule has 3 unspecified atom stereocenters. The van der Waals surface area contributed by atoms with Crippen molar-refractivity contribution < 1.29 is 25.0 Å². The van der Waals surface area contributed by atoms with Crippen LogP contribution in [-0.2, 0) is 23.6 Å². The molecule has 5 nitrogen and oxygen atoms in total. The molecule has 0 amide bonds. The summed E-state index contributed by atoms with van der Waals surface area (Å²) in [6.45, 7) is 13.2. The van der Waals surface area contributed by atoms with Gasteiger partial charge in [0.25, 0.3) is 0 Å². The van der Waals surface area contributed by atoms with Gasteiger partial charge >= 0.3 is 11.3 Å². The molecule has 8 aromatic rings. The van der Waals surface area contributed by atoms with Crippen LogP contribution in [0.25, 0.3) is 64.6 Å². The van der Waals surface area contributed by atoms with E-state index in [4.69, 9.17) is 23.6 Å². The fraction of sp³-hybridized carbons (Fsp3) is 0.218. The monoisotopic (exact) mass is 791 g/mol. The molecule has 5 heteroatoms. The first-order chi connectivity index (χ1) is 28.6. The number of hydrogen-bond acceptors (Lipinski definition) is 4. The number of ether oxygens (including phenoxy) is 4. The van der Waals surface area contributed by atoms with Crippen LogP contribution in [0.2, 0.25) is 0 Å². The average molecular weight is 792 g/mol. The van der Waals surface area contributed by atoms with Crippen LogP contribution in [0.4, 0.5) is 0 Å². The molecule has 8 aromatic carbocycles. The Hall–Kier alpha value is -5.88. The van der Waals surface area contributed by atoms with Crippen molar-refractivity contribution >= 4 is 64.6 Å². The van der Waals surface area contributed by atoms with Crippen molar-refractivity contribution in [2.75, 3.05) is 26.4 Å². The van der Waals surface area contributed by atoms with E-state index >= 15 is 0 Å². The fourth-order valence-electron chi connectivity index (χ4n) is 10.9. The van der Waals surface area contributed by atoms with E-state index in [0.717, 1.165) is 0 Å². The van der Waals surface area contributed by atoms with Crippen molar-refractivity contribution in [2.45, 2.75) is 50.1 Å². The molecule has 300 valence electrons. The van der Waals surface area contributed by atoms with Crippen LogP contribution in [0.5, 0.6) is 0 Å². The average Bonchev–Trinajstić information content (AvgIpc) is 4.15. The normalized spacial score (nSPS) is 22.2. The first-order valence-corrected chi connectivity index (χ1v) is 20.1. The second kappa shape index (κ2) is 15.0. The number of rotatable bonds is 0. The maximum atomic E-state index is 7.50. The minimum Gasteiger partial charge on any atom is -0.0616 e. The molecule has 2 heterocycles. The molecule has 6 aliphatic rings. The Morgan fingerprint density at radius 2 is 0.583 bits per heavy atom. The number of hydrogen-bond donors (Lipinski definition) is 0. The van der Waals surface area contributed by atoms with Gasteiger partial charge in [0.15, 0.2) is 11.6 Å². The molecule has 2 fully saturated rings. The molecule has 0 N–H and O–H groups in total. The molecular weight excluding hydrogens is 741 g/mol. The molecule has 4 atom stereocenters. The van der Waals surface area contributed by atoms with E-state index in [1.54, 1.807) is 0 Å². The summed E-state index contributed by atoms with van der Waals surface area (Å²) in [5, 5.41) is 15.6. The van der Waals surface area contributed by atoms with Crippen molar-refractivity contribution in [3.63, 3.8) is 0 Å². The van der Waals surface area contributed by atoms with Gasteiger partial charge in [-0.1, -0.05) is 112 Å². The Bertz CT molecular complexity index is 2700. The largest absolute Gasteiger partial charge is 0.0616 e. The standard InChI is InChI=1S/C28H22O4.C22H14.C2H4.CO.2CH4.H2/c1-2-24-20-12-16-10-18-14-22-21(25-3-4-26(22)28(25)31-7-8-32-28)13-17(18)9-15(16)11-19(20)23(1)27(24)29-5-6-30-27;1-2-6-16-10-20-14-22-12-18-8-4-3-7-17(18)11-21(22)13-19(20)9-15(16)5-1;2*1-2;;;/h1-4,9-14,23-26H,5-8H2;1-14H;1-2H2;;2*1H4;1H/t23-,24?,25?,26?;;;;;;/m1....../s1/i;;;;;;1+1. The van der Waals surface area contributed by atoms with E-state index in [2.05, 4.69) is 165 Å². The molecule has 4 bridgehead atoms. The van der Waals surface area contributed by atoms with E-state index < -0.39 is 11.6 Å². The third kappa shape index (κ3) is 5.59. The van der Waals surface area contributed by atoms with E-state index in [-0.39, 0.29) is 40.0 Å². The van der Waals surface area contributed by atoms with Gasteiger partial charge in [0.1, 0.15) is 0 Å². The topological polar surface area (TPSA) is 56.8 Å². The Morgan fingerprint density at radius 1 is 0.383 bits per heavy atom. The maximum Gasteiger partial charge on any atom is -0.0171 e. The van der Waals surface area contributed by atoms with Gasteiger partial charge in [-0.2, -0.15) is 0 Å². The molecule has 2 aliphatic heterocycles. The molecule has 0 saturated carbocycles. The Labute approximate surface area is 352 Å². The Morgan fingerprint density at radius 3 is 0.817 bits per heavy atom. The van der Waals surface area contributed by atoms with Crippen molar-refractivity contribution in [1.29, 1.82) is 0 Å². The molecule has 0 radical (unpaired) electrons. The van der Waals surface area contributed by atoms with Crippen LogP contribution in [0, 0.1) is 6.65 Å². The molecule has 2 spiro atoms. The summed E-state index contributed by atoms with van der Waals surface area (Å²) >= 11 is 0. The second-order valence-corrected chi connectivity index (χ2v) is 16.0. The van der Waals surface area contributed by atoms with Gasteiger partial charge in [-0.25, -0.2) is 0 Å². The van der Waals surface area contributed by atoms with Gasteiger partial charge in [0, 0.05) is 1.43 Å². The van der Waals surface area contributed by atoms with E-state index in [1.807, 2.05) is 0 Å². The Kier molecular flexibility index (Phi) is 9.89. The zero-order valence-electron chi connectivity index (χ0n) is 31.9. The van der Waals surface area contributed by atoms with E-state index in [9.17, 15) is 0 Å². The quantitative estimate of drug-likeness (QED) is 0.0664. The predicted octanol–water partition coefficient (Wildman–Crippen LogP) is 13.6. The summed E-state index contributed by atoms with van der Waals surface area (Å²) in [6, 6.07) is 45.1. The minimum atomic E-state index is -0.499. The molecule has 2 saturated heterocycles. The van der Waals surface area contributed by atoms with Crippen LogP contribution in [0.3, 0.4) is 0 Å². The smallest absolute Gasteiger partial charge is 0.0171 e. The van der Waals surface area contributed by atoms with Crippen LogP contribution >= 0.6 is 0 Å². The summed E-state index contributed by atoms with van der Waals surface area (Å²) < 4.78 is 32.3. The van der Waals surface area contributed by atoms with Crippen LogP contribution in [0.15, 0.2) is 159 Å². The van der Waals surface area contributed by atoms with E-state index in [1.165, 1.54) is 86.9 Å². The van der Waals surface area contributed by atoms with Crippen molar-refractivity contribution in [3.05, 3.63) is 188 Å². The van der Waals surface area contributed by atoms with Crippen LogP contribution in [-0.4, -0.2) is 38.0 Å². The summed E-state index contributed by atoms with van der Waals surface area (Å²) in [4.78, 5) is 0. The first kappa shape index (κ1) is 39.6. The summed E-state index contributed by atoms with van der Waals surface area (Å²) in [5.74, 6) is -0.211. The fourth-order valence-corrected chi connectivity index (χ4v) is 10.9. The van der Waals surface area contributed by atoms with Gasteiger partial charge in [0.2, 0.25) is 0 Å². The molecule has 0 aromatic heterocycles. The van der Waals surface area contributed by atoms with Crippen LogP contribution < -0.4 is 0 Å². The third-order valence-corrected chi connectivity index (χ3v) is 13.3. The van der Waals surface area contributed by atoms with Gasteiger partial charge in [-0.3, -0.25) is 0 Å². The summed E-state index contributed by atoms with van der Waals surface area (Å²) in [6.07, 6.45) is 9.12. The van der Waals surface area contributed by atoms with Gasteiger partial charge in [-0.05, 0) is 135 Å². The second-order valence-electron chi connectivity index (χ2n) is 16.0. The molecule has 60 heavy (non-hydrogen) atoms. The summed E-state index contributed by atoms with van der Waals surface area (Å²) in [5.41, 5.74) is 5.45.